The van der Waals surface area contributed by atoms with Crippen LogP contribution in [0.1, 0.15) is 41.3 Å². The molecule has 3 heterocycles. The molecule has 1 unspecified atom stereocenters. The van der Waals surface area contributed by atoms with Crippen molar-refractivity contribution in [2.75, 3.05) is 39.8 Å². The van der Waals surface area contributed by atoms with Crippen LogP contribution in [0.4, 0.5) is 0 Å². The summed E-state index contributed by atoms with van der Waals surface area (Å²) in [5.41, 5.74) is 1.15. The van der Waals surface area contributed by atoms with Gasteiger partial charge >= 0.3 is 0 Å². The van der Waals surface area contributed by atoms with Gasteiger partial charge in [0, 0.05) is 31.6 Å². The van der Waals surface area contributed by atoms with E-state index in [1.54, 1.807) is 11.3 Å². The van der Waals surface area contributed by atoms with Gasteiger partial charge in [0.2, 0.25) is 0 Å². The summed E-state index contributed by atoms with van der Waals surface area (Å²) in [4.78, 5) is 15.5. The van der Waals surface area contributed by atoms with Crippen LogP contribution in [0, 0.1) is 19.8 Å². The summed E-state index contributed by atoms with van der Waals surface area (Å²) in [5.74, 6) is 1.81. The summed E-state index contributed by atoms with van der Waals surface area (Å²) < 4.78 is 0. The number of likely N-dealkylation sites (tertiary alicyclic amines) is 2. The zero-order chi connectivity index (χ0) is 16.9. The van der Waals surface area contributed by atoms with Gasteiger partial charge in [0.05, 0.1) is 12.2 Å². The highest BCUT2D eigenvalue weighted by Gasteiger charge is 2.27. The van der Waals surface area contributed by atoms with E-state index in [1.807, 2.05) is 7.05 Å². The summed E-state index contributed by atoms with van der Waals surface area (Å²) in [7, 11) is 1.89. The smallest absolute Gasteiger partial charge is 0.194 e. The van der Waals surface area contributed by atoms with E-state index in [1.165, 1.54) is 50.2 Å². The minimum Gasteiger partial charge on any atom is -0.350 e. The first-order chi connectivity index (χ1) is 11.7. The van der Waals surface area contributed by atoms with Gasteiger partial charge in [-0.2, -0.15) is 0 Å². The number of nitrogens with zero attached hydrogens (tertiary/aromatic N) is 4. The van der Waals surface area contributed by atoms with Crippen molar-refractivity contribution in [3.8, 4) is 0 Å². The number of thiazole rings is 1. The second kappa shape index (κ2) is 8.30. The number of hydrogen-bond donors (Lipinski definition) is 1. The third-order valence-corrected chi connectivity index (χ3v) is 6.31. The Morgan fingerprint density at radius 1 is 1.25 bits per heavy atom. The van der Waals surface area contributed by atoms with Gasteiger partial charge < -0.3 is 15.1 Å². The molecular formula is C18H31N5S. The lowest BCUT2D eigenvalue weighted by Gasteiger charge is -2.29. The SMILES string of the molecule is CN=C(NCc1nc(C)c(C)s1)N1CCC(CN2CCCCC2)C1. The Kier molecular flexibility index (Phi) is 6.11. The van der Waals surface area contributed by atoms with E-state index in [-0.39, 0.29) is 0 Å². The van der Waals surface area contributed by atoms with Gasteiger partial charge in [-0.1, -0.05) is 6.42 Å². The van der Waals surface area contributed by atoms with Crippen LogP contribution in [0.15, 0.2) is 4.99 Å². The number of aliphatic imine (C=N–C) groups is 1. The third kappa shape index (κ3) is 4.48. The van der Waals surface area contributed by atoms with Crippen LogP contribution >= 0.6 is 11.3 Å². The molecule has 0 amide bonds. The minimum atomic E-state index is 0.777. The molecule has 2 saturated heterocycles. The van der Waals surface area contributed by atoms with Crippen molar-refractivity contribution < 1.29 is 0 Å². The van der Waals surface area contributed by atoms with Crippen molar-refractivity contribution in [2.45, 2.75) is 46.1 Å². The minimum absolute atomic E-state index is 0.777. The van der Waals surface area contributed by atoms with Gasteiger partial charge in [-0.05, 0) is 52.1 Å². The topological polar surface area (TPSA) is 43.8 Å². The quantitative estimate of drug-likeness (QED) is 0.670. The summed E-state index contributed by atoms with van der Waals surface area (Å²) >= 11 is 1.78. The van der Waals surface area contributed by atoms with Gasteiger partial charge in [-0.25, -0.2) is 4.98 Å². The summed E-state index contributed by atoms with van der Waals surface area (Å²) in [5, 5.41) is 4.65. The Morgan fingerprint density at radius 3 is 2.71 bits per heavy atom. The molecule has 5 nitrogen and oxygen atoms in total. The molecule has 1 atom stereocenters. The van der Waals surface area contributed by atoms with Crippen LogP contribution in [0.3, 0.4) is 0 Å². The monoisotopic (exact) mass is 349 g/mol. The first-order valence-corrected chi connectivity index (χ1v) is 10.1. The van der Waals surface area contributed by atoms with Gasteiger partial charge in [-0.15, -0.1) is 11.3 Å². The largest absolute Gasteiger partial charge is 0.350 e. The van der Waals surface area contributed by atoms with E-state index in [0.29, 0.717) is 0 Å². The zero-order valence-corrected chi connectivity index (χ0v) is 16.2. The Balaban J connectivity index is 1.47. The number of aromatic nitrogens is 1. The summed E-state index contributed by atoms with van der Waals surface area (Å²) in [6.07, 6.45) is 5.46. The molecule has 24 heavy (non-hydrogen) atoms. The standard InChI is InChI=1S/C18H31N5S/c1-14-15(2)24-17(21-14)11-20-18(19-3)23-10-7-16(13-23)12-22-8-5-4-6-9-22/h16H,4-13H2,1-3H3,(H,19,20). The lowest BCUT2D eigenvalue weighted by molar-refractivity contribution is 0.198. The van der Waals surface area contributed by atoms with E-state index < -0.39 is 0 Å². The molecule has 0 radical (unpaired) electrons. The number of aryl methyl sites for hydroxylation is 2. The first kappa shape index (κ1) is 17.7. The van der Waals surface area contributed by atoms with E-state index in [4.69, 9.17) is 0 Å². The molecule has 2 aliphatic heterocycles. The fraction of sp³-hybridized carbons (Fsp3) is 0.778. The molecule has 3 rings (SSSR count). The van der Waals surface area contributed by atoms with Crippen LogP contribution in [0.25, 0.3) is 0 Å². The number of piperidine rings is 1. The number of guanidine groups is 1. The highest BCUT2D eigenvalue weighted by molar-refractivity contribution is 7.11. The van der Waals surface area contributed by atoms with Crippen molar-refractivity contribution in [1.82, 2.24) is 20.1 Å². The van der Waals surface area contributed by atoms with Gasteiger partial charge in [0.25, 0.3) is 0 Å². The normalized spacial score (nSPS) is 23.0. The predicted molar refractivity (Wildman–Crippen MR) is 102 cm³/mol. The average molecular weight is 350 g/mol. The van der Waals surface area contributed by atoms with Crippen LogP contribution in [-0.2, 0) is 6.54 Å². The van der Waals surface area contributed by atoms with Crippen molar-refractivity contribution in [2.24, 2.45) is 10.9 Å². The zero-order valence-electron chi connectivity index (χ0n) is 15.3. The lowest BCUT2D eigenvalue weighted by Crippen LogP contribution is -2.41. The highest BCUT2D eigenvalue weighted by Crippen LogP contribution is 2.20. The molecule has 0 bridgehead atoms. The van der Waals surface area contributed by atoms with E-state index in [9.17, 15) is 0 Å². The molecule has 1 aromatic rings. The second-order valence-corrected chi connectivity index (χ2v) is 8.40. The molecule has 0 aromatic carbocycles. The average Bonchev–Trinajstić information content (AvgIpc) is 3.16. The van der Waals surface area contributed by atoms with Crippen molar-refractivity contribution in [1.29, 1.82) is 0 Å². The Bertz CT molecular complexity index is 542. The molecule has 6 heteroatoms. The predicted octanol–water partition coefficient (Wildman–Crippen LogP) is 2.64. The molecule has 1 aromatic heterocycles. The lowest BCUT2D eigenvalue weighted by atomic mass is 10.1. The van der Waals surface area contributed by atoms with Crippen molar-refractivity contribution >= 4 is 17.3 Å². The number of hydrogen-bond acceptors (Lipinski definition) is 4. The van der Waals surface area contributed by atoms with Crippen molar-refractivity contribution in [3.63, 3.8) is 0 Å². The fourth-order valence-electron chi connectivity index (χ4n) is 3.78. The van der Waals surface area contributed by atoms with Gasteiger partial charge in [0.1, 0.15) is 5.01 Å². The van der Waals surface area contributed by atoms with Crippen LogP contribution in [0.5, 0.6) is 0 Å². The molecule has 134 valence electrons. The van der Waals surface area contributed by atoms with Crippen LogP contribution in [-0.4, -0.2) is 60.5 Å². The molecule has 1 N–H and O–H groups in total. The van der Waals surface area contributed by atoms with Crippen LogP contribution in [0.2, 0.25) is 0 Å². The second-order valence-electron chi connectivity index (χ2n) is 7.11. The Labute approximate surface area is 150 Å². The fourth-order valence-corrected chi connectivity index (χ4v) is 4.66. The molecular weight excluding hydrogens is 318 g/mol. The molecule has 0 saturated carbocycles. The maximum atomic E-state index is 4.61. The molecule has 0 aliphatic carbocycles. The summed E-state index contributed by atoms with van der Waals surface area (Å²) in [6.45, 7) is 11.1. The molecule has 0 spiro atoms. The highest BCUT2D eigenvalue weighted by atomic mass is 32.1. The van der Waals surface area contributed by atoms with E-state index >= 15 is 0 Å². The van der Waals surface area contributed by atoms with Crippen LogP contribution < -0.4 is 5.32 Å². The molecule has 2 fully saturated rings. The van der Waals surface area contributed by atoms with Gasteiger partial charge in [-0.3, -0.25) is 4.99 Å². The van der Waals surface area contributed by atoms with E-state index in [2.05, 4.69) is 38.9 Å². The Morgan fingerprint density at radius 2 is 2.04 bits per heavy atom. The number of nitrogens with one attached hydrogen (secondary N) is 1. The Hall–Kier alpha value is -1.14. The van der Waals surface area contributed by atoms with Gasteiger partial charge in [0.15, 0.2) is 5.96 Å². The molecule has 2 aliphatic rings. The number of rotatable bonds is 4. The summed E-state index contributed by atoms with van der Waals surface area (Å²) in [6, 6.07) is 0. The van der Waals surface area contributed by atoms with E-state index in [0.717, 1.165) is 42.2 Å². The third-order valence-electron chi connectivity index (χ3n) is 5.23. The maximum absolute atomic E-state index is 4.61. The van der Waals surface area contributed by atoms with Crippen molar-refractivity contribution in [3.05, 3.63) is 15.6 Å². The first-order valence-electron chi connectivity index (χ1n) is 9.26. The maximum Gasteiger partial charge on any atom is 0.194 e.